The van der Waals surface area contributed by atoms with Gasteiger partial charge in [0.05, 0.1) is 13.2 Å². The summed E-state index contributed by atoms with van der Waals surface area (Å²) >= 11 is 0. The SMILES string of the molecule is COc1cccc(N(C)CC2CCC(C)(C)C2O)c1. The van der Waals surface area contributed by atoms with Crippen molar-refractivity contribution in [2.24, 2.45) is 11.3 Å². The molecule has 2 atom stereocenters. The van der Waals surface area contributed by atoms with Crippen LogP contribution in [-0.4, -0.2) is 31.9 Å². The average molecular weight is 263 g/mol. The Balaban J connectivity index is 2.03. The first-order valence-corrected chi connectivity index (χ1v) is 6.97. The Morgan fingerprint density at radius 2 is 2.16 bits per heavy atom. The van der Waals surface area contributed by atoms with Gasteiger partial charge >= 0.3 is 0 Å². The van der Waals surface area contributed by atoms with Crippen molar-refractivity contribution in [2.75, 3.05) is 25.6 Å². The van der Waals surface area contributed by atoms with Gasteiger partial charge in [0.15, 0.2) is 0 Å². The Kier molecular flexibility index (Phi) is 4.04. The molecule has 0 aromatic heterocycles. The number of hydrogen-bond donors (Lipinski definition) is 1. The van der Waals surface area contributed by atoms with E-state index in [0.717, 1.165) is 30.8 Å². The average Bonchev–Trinajstić information content (AvgIpc) is 2.66. The lowest BCUT2D eigenvalue weighted by molar-refractivity contribution is 0.0484. The molecule has 19 heavy (non-hydrogen) atoms. The van der Waals surface area contributed by atoms with Crippen LogP contribution in [0.25, 0.3) is 0 Å². The van der Waals surface area contributed by atoms with E-state index in [1.165, 1.54) is 0 Å². The Hall–Kier alpha value is -1.22. The maximum Gasteiger partial charge on any atom is 0.120 e. The fourth-order valence-corrected chi connectivity index (χ4v) is 3.00. The first-order valence-electron chi connectivity index (χ1n) is 6.97. The molecule has 1 saturated carbocycles. The number of nitrogens with zero attached hydrogens (tertiary/aromatic N) is 1. The van der Waals surface area contributed by atoms with E-state index in [2.05, 4.69) is 31.9 Å². The van der Waals surface area contributed by atoms with Crippen molar-refractivity contribution >= 4 is 5.69 Å². The van der Waals surface area contributed by atoms with Crippen molar-refractivity contribution < 1.29 is 9.84 Å². The summed E-state index contributed by atoms with van der Waals surface area (Å²) in [4.78, 5) is 2.21. The van der Waals surface area contributed by atoms with Gasteiger partial charge in [0.1, 0.15) is 5.75 Å². The minimum Gasteiger partial charge on any atom is -0.497 e. The van der Waals surface area contributed by atoms with Crippen molar-refractivity contribution in [3.63, 3.8) is 0 Å². The summed E-state index contributed by atoms with van der Waals surface area (Å²) in [6.45, 7) is 5.20. The zero-order valence-corrected chi connectivity index (χ0v) is 12.4. The summed E-state index contributed by atoms with van der Waals surface area (Å²) in [5, 5.41) is 10.4. The smallest absolute Gasteiger partial charge is 0.120 e. The highest BCUT2D eigenvalue weighted by Crippen LogP contribution is 2.41. The molecule has 1 aliphatic rings. The second-order valence-corrected chi connectivity index (χ2v) is 6.31. The maximum atomic E-state index is 10.4. The third kappa shape index (κ3) is 3.03. The predicted molar refractivity (Wildman–Crippen MR) is 78.8 cm³/mol. The second-order valence-electron chi connectivity index (χ2n) is 6.31. The molecule has 2 rings (SSSR count). The van der Waals surface area contributed by atoms with E-state index in [1.54, 1.807) is 7.11 Å². The van der Waals surface area contributed by atoms with Gasteiger partial charge in [0.2, 0.25) is 0 Å². The summed E-state index contributed by atoms with van der Waals surface area (Å²) in [6, 6.07) is 8.06. The first kappa shape index (κ1) is 14.2. The van der Waals surface area contributed by atoms with Gasteiger partial charge < -0.3 is 14.7 Å². The largest absolute Gasteiger partial charge is 0.497 e. The van der Waals surface area contributed by atoms with Crippen molar-refractivity contribution in [3.05, 3.63) is 24.3 Å². The highest BCUT2D eigenvalue weighted by atomic mass is 16.5. The van der Waals surface area contributed by atoms with E-state index in [-0.39, 0.29) is 11.5 Å². The number of hydrogen-bond acceptors (Lipinski definition) is 3. The zero-order valence-electron chi connectivity index (χ0n) is 12.4. The molecule has 1 N–H and O–H groups in total. The minimum atomic E-state index is -0.208. The number of benzene rings is 1. The molecule has 0 aliphatic heterocycles. The van der Waals surface area contributed by atoms with E-state index in [4.69, 9.17) is 4.74 Å². The lowest BCUT2D eigenvalue weighted by atomic mass is 9.87. The van der Waals surface area contributed by atoms with Gasteiger partial charge in [-0.3, -0.25) is 0 Å². The fourth-order valence-electron chi connectivity index (χ4n) is 3.00. The van der Waals surface area contributed by atoms with Crippen molar-refractivity contribution in [1.82, 2.24) is 0 Å². The van der Waals surface area contributed by atoms with Crippen molar-refractivity contribution in [2.45, 2.75) is 32.8 Å². The summed E-state index contributed by atoms with van der Waals surface area (Å²) in [7, 11) is 3.76. The van der Waals surface area contributed by atoms with Crippen LogP contribution in [0.4, 0.5) is 5.69 Å². The standard InChI is InChI=1S/C16H25NO2/c1-16(2)9-8-12(15(16)18)11-17(3)13-6-5-7-14(10-13)19-4/h5-7,10,12,15,18H,8-9,11H2,1-4H3. The zero-order chi connectivity index (χ0) is 14.0. The molecular formula is C16H25NO2. The summed E-state index contributed by atoms with van der Waals surface area (Å²) in [5.41, 5.74) is 1.19. The van der Waals surface area contributed by atoms with Crippen LogP contribution in [0.2, 0.25) is 0 Å². The molecule has 2 unspecified atom stereocenters. The van der Waals surface area contributed by atoms with Crippen LogP contribution in [0.15, 0.2) is 24.3 Å². The summed E-state index contributed by atoms with van der Waals surface area (Å²) in [6.07, 6.45) is 1.99. The Morgan fingerprint density at radius 3 is 2.74 bits per heavy atom. The molecule has 106 valence electrons. The topological polar surface area (TPSA) is 32.7 Å². The molecule has 0 amide bonds. The number of methoxy groups -OCH3 is 1. The first-order chi connectivity index (χ1) is 8.94. The molecule has 0 spiro atoms. The normalized spacial score (nSPS) is 25.3. The molecule has 3 heteroatoms. The fraction of sp³-hybridized carbons (Fsp3) is 0.625. The molecule has 0 radical (unpaired) electrons. The molecule has 0 saturated heterocycles. The van der Waals surface area contributed by atoms with Crippen LogP contribution in [0.5, 0.6) is 5.75 Å². The van der Waals surface area contributed by atoms with E-state index in [1.807, 2.05) is 18.2 Å². The van der Waals surface area contributed by atoms with Crippen molar-refractivity contribution in [1.29, 1.82) is 0 Å². The highest BCUT2D eigenvalue weighted by Gasteiger charge is 2.40. The molecule has 0 heterocycles. The predicted octanol–water partition coefficient (Wildman–Crippen LogP) is 2.93. The van der Waals surface area contributed by atoms with Crippen LogP contribution in [0, 0.1) is 11.3 Å². The van der Waals surface area contributed by atoms with Gasteiger partial charge in [-0.1, -0.05) is 19.9 Å². The maximum absolute atomic E-state index is 10.4. The number of aliphatic hydroxyl groups is 1. The summed E-state index contributed by atoms with van der Waals surface area (Å²) in [5.74, 6) is 1.22. The second kappa shape index (κ2) is 5.41. The number of rotatable bonds is 4. The quantitative estimate of drug-likeness (QED) is 0.906. The van der Waals surface area contributed by atoms with E-state index < -0.39 is 0 Å². The molecular weight excluding hydrogens is 238 g/mol. The van der Waals surface area contributed by atoms with Crippen LogP contribution < -0.4 is 9.64 Å². The molecule has 3 nitrogen and oxygen atoms in total. The molecule has 1 aromatic rings. The van der Waals surface area contributed by atoms with Crippen LogP contribution in [-0.2, 0) is 0 Å². The van der Waals surface area contributed by atoms with E-state index >= 15 is 0 Å². The van der Waals surface area contributed by atoms with Gasteiger partial charge in [-0.05, 0) is 30.4 Å². The Labute approximate surface area is 116 Å². The van der Waals surface area contributed by atoms with Crippen LogP contribution in [0.1, 0.15) is 26.7 Å². The number of ether oxygens (including phenoxy) is 1. The monoisotopic (exact) mass is 263 g/mol. The third-order valence-corrected chi connectivity index (χ3v) is 4.41. The van der Waals surface area contributed by atoms with Gasteiger partial charge in [-0.25, -0.2) is 0 Å². The number of aliphatic hydroxyl groups excluding tert-OH is 1. The van der Waals surface area contributed by atoms with Gasteiger partial charge in [0, 0.05) is 31.3 Å². The van der Waals surface area contributed by atoms with Gasteiger partial charge in [-0.2, -0.15) is 0 Å². The molecule has 1 fully saturated rings. The lowest BCUT2D eigenvalue weighted by Crippen LogP contribution is -2.34. The van der Waals surface area contributed by atoms with Crippen LogP contribution >= 0.6 is 0 Å². The van der Waals surface area contributed by atoms with Crippen LogP contribution in [0.3, 0.4) is 0 Å². The van der Waals surface area contributed by atoms with E-state index in [9.17, 15) is 5.11 Å². The highest BCUT2D eigenvalue weighted by molar-refractivity contribution is 5.50. The summed E-state index contributed by atoms with van der Waals surface area (Å²) < 4.78 is 5.25. The van der Waals surface area contributed by atoms with Gasteiger partial charge in [0.25, 0.3) is 0 Å². The molecule has 0 bridgehead atoms. The molecule has 1 aromatic carbocycles. The third-order valence-electron chi connectivity index (χ3n) is 4.41. The van der Waals surface area contributed by atoms with Crippen molar-refractivity contribution in [3.8, 4) is 5.75 Å². The minimum absolute atomic E-state index is 0.0554. The Morgan fingerprint density at radius 1 is 1.42 bits per heavy atom. The lowest BCUT2D eigenvalue weighted by Gasteiger charge is -2.29. The molecule has 1 aliphatic carbocycles. The van der Waals surface area contributed by atoms with Gasteiger partial charge in [-0.15, -0.1) is 0 Å². The van der Waals surface area contributed by atoms with E-state index in [0.29, 0.717) is 5.92 Å². The number of anilines is 1. The Bertz CT molecular complexity index is 431.